The van der Waals surface area contributed by atoms with Crippen molar-refractivity contribution in [3.8, 4) is 5.75 Å². The number of nitrogens with two attached hydrogens (primary N) is 1. The Balaban J connectivity index is 1.78. The first-order valence-electron chi connectivity index (χ1n) is 8.89. The fourth-order valence-corrected chi connectivity index (χ4v) is 3.00. The highest BCUT2D eigenvalue weighted by molar-refractivity contribution is 5.81. The summed E-state index contributed by atoms with van der Waals surface area (Å²) in [6, 6.07) is 7.94. The number of carbonyl (C=O) groups is 2. The lowest BCUT2D eigenvalue weighted by Crippen LogP contribution is -2.45. The van der Waals surface area contributed by atoms with Crippen molar-refractivity contribution in [1.82, 2.24) is 4.90 Å². The molecule has 1 unspecified atom stereocenters. The molecule has 1 aromatic carbocycles. The third-order valence-corrected chi connectivity index (χ3v) is 4.53. The van der Waals surface area contributed by atoms with Crippen LogP contribution in [0.15, 0.2) is 24.3 Å². The summed E-state index contributed by atoms with van der Waals surface area (Å²) in [5, 5.41) is 0. The van der Waals surface area contributed by atoms with E-state index in [1.807, 2.05) is 12.1 Å². The number of rotatable bonds is 8. The largest absolute Gasteiger partial charge is 0.484 e. The molecule has 1 fully saturated rings. The van der Waals surface area contributed by atoms with Gasteiger partial charge in [0.1, 0.15) is 5.75 Å². The number of unbranched alkanes of at least 4 members (excludes halogenated alkanes) is 2. The van der Waals surface area contributed by atoms with Crippen LogP contribution in [0.3, 0.4) is 0 Å². The summed E-state index contributed by atoms with van der Waals surface area (Å²) in [6.45, 7) is 3.28. The lowest BCUT2D eigenvalue weighted by molar-refractivity contribution is -0.136. The molecule has 0 spiro atoms. The lowest BCUT2D eigenvalue weighted by atomic mass is 9.97. The number of primary amides is 1. The van der Waals surface area contributed by atoms with E-state index in [-0.39, 0.29) is 24.3 Å². The van der Waals surface area contributed by atoms with Gasteiger partial charge in [0.15, 0.2) is 6.61 Å². The molecular formula is C19H28N2O3. The van der Waals surface area contributed by atoms with Crippen LogP contribution < -0.4 is 10.5 Å². The summed E-state index contributed by atoms with van der Waals surface area (Å²) in [5.74, 6) is 0.0520. The molecule has 0 aliphatic carbocycles. The molecule has 1 heterocycles. The van der Waals surface area contributed by atoms with Gasteiger partial charge in [-0.1, -0.05) is 31.9 Å². The summed E-state index contributed by atoms with van der Waals surface area (Å²) >= 11 is 0. The molecule has 0 saturated carbocycles. The van der Waals surface area contributed by atoms with Crippen molar-refractivity contribution in [1.29, 1.82) is 0 Å². The summed E-state index contributed by atoms with van der Waals surface area (Å²) in [7, 11) is 0. The zero-order valence-corrected chi connectivity index (χ0v) is 14.5. The number of hydrogen-bond donors (Lipinski definition) is 1. The second kappa shape index (κ2) is 9.30. The van der Waals surface area contributed by atoms with E-state index in [4.69, 9.17) is 10.5 Å². The molecule has 1 aliphatic rings. The molecule has 5 nitrogen and oxygen atoms in total. The first-order valence-corrected chi connectivity index (χ1v) is 8.89. The Morgan fingerprint density at radius 1 is 1.25 bits per heavy atom. The zero-order chi connectivity index (χ0) is 17.4. The van der Waals surface area contributed by atoms with Gasteiger partial charge in [0.05, 0.1) is 5.92 Å². The maximum atomic E-state index is 12.2. The summed E-state index contributed by atoms with van der Waals surface area (Å²) in [5.41, 5.74) is 6.64. The number of aryl methyl sites for hydroxylation is 1. The van der Waals surface area contributed by atoms with E-state index in [0.717, 1.165) is 19.3 Å². The van der Waals surface area contributed by atoms with E-state index in [2.05, 4.69) is 19.1 Å². The Kier molecular flexibility index (Phi) is 7.09. The molecule has 24 heavy (non-hydrogen) atoms. The van der Waals surface area contributed by atoms with Crippen molar-refractivity contribution in [2.24, 2.45) is 11.7 Å². The molecular weight excluding hydrogens is 304 g/mol. The summed E-state index contributed by atoms with van der Waals surface area (Å²) in [4.78, 5) is 25.2. The van der Waals surface area contributed by atoms with E-state index in [0.29, 0.717) is 18.8 Å². The van der Waals surface area contributed by atoms with Gasteiger partial charge in [0.25, 0.3) is 5.91 Å². The van der Waals surface area contributed by atoms with E-state index in [1.54, 1.807) is 4.90 Å². The van der Waals surface area contributed by atoms with Crippen LogP contribution in [0.4, 0.5) is 0 Å². The number of likely N-dealkylation sites (tertiary alicyclic amines) is 1. The number of nitrogens with zero attached hydrogens (tertiary/aromatic N) is 1. The number of benzene rings is 1. The predicted octanol–water partition coefficient (Wildman–Crippen LogP) is 2.52. The van der Waals surface area contributed by atoms with Crippen LogP contribution in [0.5, 0.6) is 5.75 Å². The average molecular weight is 332 g/mol. The average Bonchev–Trinajstić information content (AvgIpc) is 2.61. The Labute approximate surface area is 144 Å². The highest BCUT2D eigenvalue weighted by Crippen LogP contribution is 2.17. The van der Waals surface area contributed by atoms with Crippen LogP contribution in [0.2, 0.25) is 0 Å². The minimum Gasteiger partial charge on any atom is -0.484 e. The SMILES string of the molecule is CCCCCc1ccc(OCC(=O)N2CCCC(C(N)=O)C2)cc1. The number of carbonyl (C=O) groups excluding carboxylic acids is 2. The molecule has 2 N–H and O–H groups in total. The maximum absolute atomic E-state index is 12.2. The Hall–Kier alpha value is -2.04. The highest BCUT2D eigenvalue weighted by atomic mass is 16.5. The lowest BCUT2D eigenvalue weighted by Gasteiger charge is -2.31. The first-order chi connectivity index (χ1) is 11.6. The Morgan fingerprint density at radius 2 is 2.00 bits per heavy atom. The maximum Gasteiger partial charge on any atom is 0.260 e. The molecule has 2 rings (SSSR count). The van der Waals surface area contributed by atoms with Crippen LogP contribution in [-0.4, -0.2) is 36.4 Å². The van der Waals surface area contributed by atoms with Gasteiger partial charge in [-0.25, -0.2) is 0 Å². The van der Waals surface area contributed by atoms with Gasteiger partial charge in [0, 0.05) is 13.1 Å². The second-order valence-corrected chi connectivity index (χ2v) is 6.47. The van der Waals surface area contributed by atoms with Crippen LogP contribution >= 0.6 is 0 Å². The molecule has 1 saturated heterocycles. The van der Waals surface area contributed by atoms with Crippen LogP contribution in [0, 0.1) is 5.92 Å². The monoisotopic (exact) mass is 332 g/mol. The number of hydrogen-bond acceptors (Lipinski definition) is 3. The quantitative estimate of drug-likeness (QED) is 0.744. The van der Waals surface area contributed by atoms with Gasteiger partial charge in [-0.3, -0.25) is 9.59 Å². The van der Waals surface area contributed by atoms with Crippen LogP contribution in [0.25, 0.3) is 0 Å². The Bertz CT molecular complexity index is 542. The van der Waals surface area contributed by atoms with Crippen LogP contribution in [0.1, 0.15) is 44.6 Å². The minimum atomic E-state index is -0.327. The molecule has 0 aromatic heterocycles. The van der Waals surface area contributed by atoms with Gasteiger partial charge in [-0.2, -0.15) is 0 Å². The third kappa shape index (κ3) is 5.55. The smallest absolute Gasteiger partial charge is 0.260 e. The van der Waals surface area contributed by atoms with Gasteiger partial charge >= 0.3 is 0 Å². The molecule has 1 aromatic rings. The standard InChI is InChI=1S/C19H28N2O3/c1-2-3-4-6-15-8-10-17(11-9-15)24-14-18(22)21-12-5-7-16(13-21)19(20)23/h8-11,16H,2-7,12-14H2,1H3,(H2,20,23). The van der Waals surface area contributed by atoms with Crippen LogP contribution in [-0.2, 0) is 16.0 Å². The number of amides is 2. The van der Waals surface area contributed by atoms with Crippen molar-refractivity contribution in [3.63, 3.8) is 0 Å². The minimum absolute atomic E-state index is 0.000658. The predicted molar refractivity (Wildman–Crippen MR) is 93.7 cm³/mol. The van der Waals surface area contributed by atoms with E-state index in [1.165, 1.54) is 24.8 Å². The van der Waals surface area contributed by atoms with E-state index < -0.39 is 0 Å². The summed E-state index contributed by atoms with van der Waals surface area (Å²) < 4.78 is 5.59. The molecule has 1 atom stereocenters. The topological polar surface area (TPSA) is 72.6 Å². The normalized spacial score (nSPS) is 17.5. The first kappa shape index (κ1) is 18.3. The van der Waals surface area contributed by atoms with Crippen molar-refractivity contribution >= 4 is 11.8 Å². The fourth-order valence-electron chi connectivity index (χ4n) is 3.00. The van der Waals surface area contributed by atoms with Crippen molar-refractivity contribution < 1.29 is 14.3 Å². The molecule has 5 heteroatoms. The van der Waals surface area contributed by atoms with Gasteiger partial charge in [-0.05, 0) is 43.4 Å². The number of piperidine rings is 1. The van der Waals surface area contributed by atoms with Gasteiger partial charge in [0.2, 0.25) is 5.91 Å². The zero-order valence-electron chi connectivity index (χ0n) is 14.5. The molecule has 0 radical (unpaired) electrons. The van der Waals surface area contributed by atoms with Crippen molar-refractivity contribution in [3.05, 3.63) is 29.8 Å². The fraction of sp³-hybridized carbons (Fsp3) is 0.579. The second-order valence-electron chi connectivity index (χ2n) is 6.47. The molecule has 1 aliphatic heterocycles. The molecule has 0 bridgehead atoms. The highest BCUT2D eigenvalue weighted by Gasteiger charge is 2.26. The van der Waals surface area contributed by atoms with E-state index in [9.17, 15) is 9.59 Å². The van der Waals surface area contributed by atoms with Crippen molar-refractivity contribution in [2.45, 2.75) is 45.4 Å². The third-order valence-electron chi connectivity index (χ3n) is 4.53. The Morgan fingerprint density at radius 3 is 2.67 bits per heavy atom. The molecule has 132 valence electrons. The van der Waals surface area contributed by atoms with Gasteiger partial charge in [-0.15, -0.1) is 0 Å². The van der Waals surface area contributed by atoms with Gasteiger partial charge < -0.3 is 15.4 Å². The summed E-state index contributed by atoms with van der Waals surface area (Å²) in [6.07, 6.45) is 6.32. The number of ether oxygens (including phenoxy) is 1. The molecule has 2 amide bonds. The van der Waals surface area contributed by atoms with E-state index >= 15 is 0 Å². The van der Waals surface area contributed by atoms with Crippen molar-refractivity contribution in [2.75, 3.05) is 19.7 Å².